The maximum atomic E-state index is 11.2. The molecule has 0 unspecified atom stereocenters. The van der Waals surface area contributed by atoms with Crippen LogP contribution in [0.1, 0.15) is 21.6 Å². The number of aryl methyl sites for hydroxylation is 1. The van der Waals surface area contributed by atoms with Crippen molar-refractivity contribution in [1.82, 2.24) is 4.98 Å². The molecule has 0 fully saturated rings. The Morgan fingerprint density at radius 1 is 1.22 bits per heavy atom. The third kappa shape index (κ3) is 2.63. The van der Waals surface area contributed by atoms with Crippen molar-refractivity contribution >= 4 is 23.2 Å². The fourth-order valence-electron chi connectivity index (χ4n) is 1.71. The molecule has 0 aliphatic carbocycles. The molecule has 5 heteroatoms. The molecule has 1 aromatic heterocycles. The molecule has 18 heavy (non-hydrogen) atoms. The van der Waals surface area contributed by atoms with Crippen molar-refractivity contribution in [2.45, 2.75) is 13.8 Å². The number of fused-ring (bicyclic) bond motifs is 1. The van der Waals surface area contributed by atoms with Gasteiger partial charge in [0.1, 0.15) is 5.69 Å². The number of hydrogen-bond acceptors (Lipinski definition) is 3. The van der Waals surface area contributed by atoms with Gasteiger partial charge in [-0.3, -0.25) is 9.59 Å². The van der Waals surface area contributed by atoms with Gasteiger partial charge in [0.05, 0.1) is 5.52 Å². The van der Waals surface area contributed by atoms with Crippen molar-refractivity contribution in [2.75, 3.05) is 0 Å². The minimum atomic E-state index is -0.471. The molecule has 1 aromatic carbocycles. The van der Waals surface area contributed by atoms with E-state index in [0.29, 0.717) is 5.69 Å². The van der Waals surface area contributed by atoms with E-state index in [0.717, 1.165) is 22.0 Å². The highest BCUT2D eigenvalue weighted by Gasteiger charge is 2.11. The first-order chi connectivity index (χ1) is 8.52. The molecule has 0 radical (unpaired) electrons. The van der Waals surface area contributed by atoms with Crippen molar-refractivity contribution in [3.05, 3.63) is 41.1 Å². The van der Waals surface area contributed by atoms with E-state index in [1.165, 1.54) is 0 Å². The van der Waals surface area contributed by atoms with Crippen molar-refractivity contribution in [3.63, 3.8) is 0 Å². The quantitative estimate of drug-likeness (QED) is 0.734. The molecule has 94 valence electrons. The molecular formula is C13H15N3O2. The van der Waals surface area contributed by atoms with Crippen LogP contribution in [-0.2, 0) is 4.79 Å². The number of para-hydroxylation sites is 1. The molecule has 2 rings (SSSR count). The molecule has 0 aliphatic rings. The number of carbonyl (C=O) groups excluding carboxylic acids is 2. The Hall–Kier alpha value is -2.43. The van der Waals surface area contributed by atoms with Crippen molar-refractivity contribution in [3.8, 4) is 0 Å². The summed E-state index contributed by atoms with van der Waals surface area (Å²) in [5.74, 6) is -0.471. The van der Waals surface area contributed by atoms with E-state index in [2.05, 4.69) is 10.7 Å². The minimum Gasteiger partial charge on any atom is -0.372 e. The van der Waals surface area contributed by atoms with Gasteiger partial charge in [-0.05, 0) is 31.0 Å². The van der Waals surface area contributed by atoms with Crippen LogP contribution >= 0.6 is 0 Å². The molecule has 4 N–H and O–H groups in total. The number of pyridine rings is 1. The maximum Gasteiger partial charge on any atom is 0.267 e. The molecule has 0 saturated heterocycles. The average molecular weight is 245 g/mol. The monoisotopic (exact) mass is 245 g/mol. The number of primary amides is 2. The van der Waals surface area contributed by atoms with E-state index in [9.17, 15) is 4.79 Å². The van der Waals surface area contributed by atoms with Crippen LogP contribution in [0.3, 0.4) is 0 Å². The number of nitrogens with zero attached hydrogens (tertiary/aromatic N) is 1. The SMILES string of the molecule is Cc1c(C(N)=O)nc2ccccc2c1C.NC=O. The van der Waals surface area contributed by atoms with Crippen LogP contribution in [0, 0.1) is 13.8 Å². The molecule has 0 atom stereocenters. The number of nitrogens with two attached hydrogens (primary N) is 2. The summed E-state index contributed by atoms with van der Waals surface area (Å²) in [4.78, 5) is 24.0. The summed E-state index contributed by atoms with van der Waals surface area (Å²) in [7, 11) is 0. The van der Waals surface area contributed by atoms with Gasteiger partial charge in [0.2, 0.25) is 6.41 Å². The van der Waals surface area contributed by atoms with Crippen LogP contribution in [0.2, 0.25) is 0 Å². The summed E-state index contributed by atoms with van der Waals surface area (Å²) in [5, 5.41) is 1.07. The van der Waals surface area contributed by atoms with Gasteiger partial charge in [-0.2, -0.15) is 0 Å². The molecule has 2 aromatic rings. The van der Waals surface area contributed by atoms with E-state index in [1.54, 1.807) is 0 Å². The number of amides is 2. The van der Waals surface area contributed by atoms with Gasteiger partial charge < -0.3 is 11.5 Å². The smallest absolute Gasteiger partial charge is 0.267 e. The highest BCUT2D eigenvalue weighted by atomic mass is 16.1. The van der Waals surface area contributed by atoms with Gasteiger partial charge in [0, 0.05) is 5.39 Å². The van der Waals surface area contributed by atoms with E-state index in [1.807, 2.05) is 38.1 Å². The first-order valence-electron chi connectivity index (χ1n) is 5.34. The van der Waals surface area contributed by atoms with E-state index < -0.39 is 5.91 Å². The van der Waals surface area contributed by atoms with E-state index >= 15 is 0 Å². The summed E-state index contributed by atoms with van der Waals surface area (Å²) >= 11 is 0. The zero-order valence-corrected chi connectivity index (χ0v) is 10.3. The third-order valence-electron chi connectivity index (χ3n) is 2.69. The first-order valence-corrected chi connectivity index (χ1v) is 5.34. The molecule has 1 heterocycles. The van der Waals surface area contributed by atoms with Crippen LogP contribution in [0.25, 0.3) is 10.9 Å². The fourth-order valence-corrected chi connectivity index (χ4v) is 1.71. The van der Waals surface area contributed by atoms with Gasteiger partial charge in [-0.15, -0.1) is 0 Å². The lowest BCUT2D eigenvalue weighted by atomic mass is 10.0. The highest BCUT2D eigenvalue weighted by molar-refractivity contribution is 5.96. The molecule has 0 aliphatic heterocycles. The fraction of sp³-hybridized carbons (Fsp3) is 0.154. The Kier molecular flexibility index (Phi) is 4.37. The molecule has 0 spiro atoms. The minimum absolute atomic E-state index is 0.250. The second kappa shape index (κ2) is 5.77. The van der Waals surface area contributed by atoms with Crippen molar-refractivity contribution < 1.29 is 9.59 Å². The maximum absolute atomic E-state index is 11.2. The topological polar surface area (TPSA) is 99.1 Å². The summed E-state index contributed by atoms with van der Waals surface area (Å²) in [6, 6.07) is 7.74. The van der Waals surface area contributed by atoms with Crippen molar-refractivity contribution in [1.29, 1.82) is 0 Å². The lowest BCUT2D eigenvalue weighted by Crippen LogP contribution is -2.15. The largest absolute Gasteiger partial charge is 0.372 e. The lowest BCUT2D eigenvalue weighted by Gasteiger charge is -2.08. The van der Waals surface area contributed by atoms with Gasteiger partial charge in [-0.1, -0.05) is 18.2 Å². The summed E-state index contributed by atoms with van der Waals surface area (Å²) in [5.41, 5.74) is 12.5. The molecule has 2 amide bonds. The Balaban J connectivity index is 0.000000492. The molecular weight excluding hydrogens is 230 g/mol. The second-order valence-electron chi connectivity index (χ2n) is 3.73. The Labute approximate surface area is 105 Å². The first kappa shape index (κ1) is 13.6. The van der Waals surface area contributed by atoms with E-state index in [-0.39, 0.29) is 6.41 Å². The number of benzene rings is 1. The number of aromatic nitrogens is 1. The molecule has 5 nitrogen and oxygen atoms in total. The summed E-state index contributed by atoms with van der Waals surface area (Å²) < 4.78 is 0. The number of carbonyl (C=O) groups is 2. The molecule has 0 bridgehead atoms. The molecule has 0 saturated carbocycles. The summed E-state index contributed by atoms with van der Waals surface area (Å²) in [6.07, 6.45) is 0.250. The normalized spacial score (nSPS) is 9.44. The van der Waals surface area contributed by atoms with Crippen LogP contribution in [0.15, 0.2) is 24.3 Å². The van der Waals surface area contributed by atoms with Crippen LogP contribution < -0.4 is 11.5 Å². The predicted octanol–water partition coefficient (Wildman–Crippen LogP) is 1.05. The van der Waals surface area contributed by atoms with E-state index in [4.69, 9.17) is 10.5 Å². The van der Waals surface area contributed by atoms with Crippen LogP contribution in [0.5, 0.6) is 0 Å². The zero-order valence-electron chi connectivity index (χ0n) is 10.3. The lowest BCUT2D eigenvalue weighted by molar-refractivity contribution is -0.106. The Bertz CT molecular complexity index is 594. The number of rotatable bonds is 1. The predicted molar refractivity (Wildman–Crippen MR) is 70.0 cm³/mol. The Morgan fingerprint density at radius 3 is 2.33 bits per heavy atom. The van der Waals surface area contributed by atoms with Gasteiger partial charge in [0.15, 0.2) is 0 Å². The van der Waals surface area contributed by atoms with Gasteiger partial charge in [-0.25, -0.2) is 4.98 Å². The van der Waals surface area contributed by atoms with Gasteiger partial charge in [0.25, 0.3) is 5.91 Å². The number of hydrogen-bond donors (Lipinski definition) is 2. The van der Waals surface area contributed by atoms with Crippen molar-refractivity contribution in [2.24, 2.45) is 11.5 Å². The highest BCUT2D eigenvalue weighted by Crippen LogP contribution is 2.21. The van der Waals surface area contributed by atoms with Crippen LogP contribution in [0.4, 0.5) is 0 Å². The second-order valence-corrected chi connectivity index (χ2v) is 3.73. The average Bonchev–Trinajstić information content (AvgIpc) is 2.34. The summed E-state index contributed by atoms with van der Waals surface area (Å²) in [6.45, 7) is 3.85. The Morgan fingerprint density at radius 2 is 1.78 bits per heavy atom. The van der Waals surface area contributed by atoms with Crippen LogP contribution in [-0.4, -0.2) is 17.3 Å². The standard InChI is InChI=1S/C12H12N2O.CH3NO/c1-7-8(2)11(12(13)15)14-10-6-4-3-5-9(7)10;2-1-3/h3-6H,1-2H3,(H2,13,15);1H,(H2,2,3). The zero-order chi connectivity index (χ0) is 13.7. The van der Waals surface area contributed by atoms with Gasteiger partial charge >= 0.3 is 0 Å². The third-order valence-corrected chi connectivity index (χ3v) is 2.69.